The average Bonchev–Trinajstić information content (AvgIpc) is 3.07. The molecule has 0 unspecified atom stereocenters. The number of nitrogens with zero attached hydrogens (tertiary/aromatic N) is 7. The van der Waals surface area contributed by atoms with E-state index in [4.69, 9.17) is 4.74 Å². The highest BCUT2D eigenvalue weighted by Gasteiger charge is 2.28. The van der Waals surface area contributed by atoms with E-state index in [1.54, 1.807) is 12.4 Å². The molecular formula is C18H21N7O. The number of pyridine rings is 1. The second kappa shape index (κ2) is 7.17. The zero-order chi connectivity index (χ0) is 17.9. The van der Waals surface area contributed by atoms with Crippen molar-refractivity contribution in [2.24, 2.45) is 0 Å². The van der Waals surface area contributed by atoms with Gasteiger partial charge < -0.3 is 9.30 Å². The fraction of sp³-hybridized carbons (Fsp3) is 0.389. The summed E-state index contributed by atoms with van der Waals surface area (Å²) in [6.45, 7) is 6.95. The van der Waals surface area contributed by atoms with Gasteiger partial charge in [0.05, 0.1) is 17.4 Å². The first kappa shape index (κ1) is 16.6. The molecule has 134 valence electrons. The van der Waals surface area contributed by atoms with E-state index in [9.17, 15) is 0 Å². The third-order valence-corrected chi connectivity index (χ3v) is 4.55. The molecule has 0 spiro atoms. The molecule has 0 N–H and O–H groups in total. The van der Waals surface area contributed by atoms with Crippen LogP contribution >= 0.6 is 0 Å². The minimum Gasteiger partial charge on any atom is -0.469 e. The van der Waals surface area contributed by atoms with Crippen LogP contribution in [0.25, 0.3) is 0 Å². The number of fused-ring (bicyclic) bond motifs is 1. The summed E-state index contributed by atoms with van der Waals surface area (Å²) in [6.07, 6.45) is 5.31. The van der Waals surface area contributed by atoms with E-state index in [-0.39, 0.29) is 6.04 Å². The minimum atomic E-state index is 0.155. The van der Waals surface area contributed by atoms with Crippen molar-refractivity contribution in [2.75, 3.05) is 6.54 Å². The van der Waals surface area contributed by atoms with E-state index in [0.29, 0.717) is 12.5 Å². The van der Waals surface area contributed by atoms with Crippen molar-refractivity contribution < 1.29 is 4.74 Å². The van der Waals surface area contributed by atoms with Crippen molar-refractivity contribution in [1.29, 1.82) is 0 Å². The molecule has 1 aliphatic heterocycles. The summed E-state index contributed by atoms with van der Waals surface area (Å²) in [5.41, 5.74) is 1.91. The van der Waals surface area contributed by atoms with Crippen LogP contribution < -0.4 is 4.74 Å². The van der Waals surface area contributed by atoms with Crippen LogP contribution in [0.3, 0.4) is 0 Å². The molecule has 0 saturated heterocycles. The molecule has 3 aromatic rings. The Morgan fingerprint density at radius 2 is 2.12 bits per heavy atom. The lowest BCUT2D eigenvalue weighted by Crippen LogP contribution is -2.37. The Bertz CT molecular complexity index is 880. The van der Waals surface area contributed by atoms with Crippen LogP contribution in [0.15, 0.2) is 36.8 Å². The van der Waals surface area contributed by atoms with Gasteiger partial charge in [0, 0.05) is 44.3 Å². The van der Waals surface area contributed by atoms with Crippen molar-refractivity contribution in [3.05, 3.63) is 59.8 Å². The molecule has 1 aliphatic rings. The van der Waals surface area contributed by atoms with Crippen LogP contribution in [-0.4, -0.2) is 41.2 Å². The lowest BCUT2D eigenvalue weighted by molar-refractivity contribution is 0.150. The maximum absolute atomic E-state index is 5.72. The van der Waals surface area contributed by atoms with Crippen LogP contribution in [0.1, 0.15) is 36.0 Å². The van der Waals surface area contributed by atoms with Gasteiger partial charge in [-0.15, -0.1) is 10.2 Å². The molecule has 8 nitrogen and oxygen atoms in total. The lowest BCUT2D eigenvalue weighted by Gasteiger charge is -2.33. The fourth-order valence-corrected chi connectivity index (χ4v) is 3.18. The molecule has 0 bridgehead atoms. The fourth-order valence-electron chi connectivity index (χ4n) is 3.18. The van der Waals surface area contributed by atoms with Crippen molar-refractivity contribution in [3.8, 4) is 5.88 Å². The van der Waals surface area contributed by atoms with Crippen LogP contribution in [0.4, 0.5) is 0 Å². The van der Waals surface area contributed by atoms with Crippen LogP contribution in [0.5, 0.6) is 5.88 Å². The van der Waals surface area contributed by atoms with E-state index >= 15 is 0 Å². The lowest BCUT2D eigenvalue weighted by atomic mass is 10.2. The van der Waals surface area contributed by atoms with Crippen LogP contribution in [0.2, 0.25) is 0 Å². The highest BCUT2D eigenvalue weighted by Crippen LogP contribution is 2.25. The van der Waals surface area contributed by atoms with Crippen LogP contribution in [-0.2, 0) is 19.7 Å². The summed E-state index contributed by atoms with van der Waals surface area (Å²) in [5.74, 6) is 2.37. The maximum Gasteiger partial charge on any atom is 0.213 e. The molecule has 3 aromatic heterocycles. The largest absolute Gasteiger partial charge is 0.469 e. The molecule has 0 amide bonds. The van der Waals surface area contributed by atoms with Gasteiger partial charge in [-0.25, -0.2) is 4.98 Å². The highest BCUT2D eigenvalue weighted by molar-refractivity contribution is 5.11. The highest BCUT2D eigenvalue weighted by atomic mass is 16.5. The first-order valence-corrected chi connectivity index (χ1v) is 8.68. The number of ether oxygens (including phenoxy) is 1. The standard InChI is InChI=1S/C18H21N7O/c1-13-9-19-10-15(21-13)11-24-7-8-25-16(22-23-18(25)14(24)2)12-26-17-5-3-4-6-20-17/h3-6,9-10,14H,7-8,11-12H2,1-2H3/t14-/m1/s1. The topological polar surface area (TPSA) is 81.9 Å². The Morgan fingerprint density at radius 3 is 2.92 bits per heavy atom. The first-order chi connectivity index (χ1) is 12.7. The zero-order valence-corrected chi connectivity index (χ0v) is 14.9. The van der Waals surface area contributed by atoms with E-state index in [1.165, 1.54) is 0 Å². The van der Waals surface area contributed by atoms with Crippen LogP contribution in [0, 0.1) is 6.92 Å². The average molecular weight is 351 g/mol. The smallest absolute Gasteiger partial charge is 0.213 e. The summed E-state index contributed by atoms with van der Waals surface area (Å²) in [6, 6.07) is 5.75. The molecule has 1 atom stereocenters. The summed E-state index contributed by atoms with van der Waals surface area (Å²) in [5, 5.41) is 8.72. The molecule has 0 fully saturated rings. The number of hydrogen-bond acceptors (Lipinski definition) is 7. The van der Waals surface area contributed by atoms with Gasteiger partial charge in [0.1, 0.15) is 12.4 Å². The first-order valence-electron chi connectivity index (χ1n) is 8.68. The van der Waals surface area contributed by atoms with E-state index in [1.807, 2.05) is 31.3 Å². The van der Waals surface area contributed by atoms with Gasteiger partial charge in [0.15, 0.2) is 5.82 Å². The normalized spacial score (nSPS) is 17.1. The zero-order valence-electron chi connectivity index (χ0n) is 14.9. The number of aryl methyl sites for hydroxylation is 1. The van der Waals surface area contributed by atoms with E-state index in [2.05, 4.69) is 41.5 Å². The van der Waals surface area contributed by atoms with Gasteiger partial charge in [0.2, 0.25) is 5.88 Å². The molecule has 26 heavy (non-hydrogen) atoms. The van der Waals surface area contributed by atoms with Crippen molar-refractivity contribution in [3.63, 3.8) is 0 Å². The minimum absolute atomic E-state index is 0.155. The quantitative estimate of drug-likeness (QED) is 0.694. The Hall–Kier alpha value is -2.87. The third kappa shape index (κ3) is 3.41. The molecule has 4 heterocycles. The van der Waals surface area contributed by atoms with Gasteiger partial charge in [-0.2, -0.15) is 0 Å². The molecule has 0 radical (unpaired) electrons. The summed E-state index contributed by atoms with van der Waals surface area (Å²) in [7, 11) is 0. The van der Waals surface area contributed by atoms with Gasteiger partial charge in [-0.1, -0.05) is 6.07 Å². The Morgan fingerprint density at radius 1 is 1.19 bits per heavy atom. The Labute approximate surface area is 151 Å². The number of rotatable bonds is 5. The van der Waals surface area contributed by atoms with Crippen molar-refractivity contribution in [1.82, 2.24) is 34.6 Å². The van der Waals surface area contributed by atoms with Gasteiger partial charge >= 0.3 is 0 Å². The monoisotopic (exact) mass is 351 g/mol. The predicted octanol–water partition coefficient (Wildman–Crippen LogP) is 1.93. The summed E-state index contributed by atoms with van der Waals surface area (Å²) >= 11 is 0. The summed E-state index contributed by atoms with van der Waals surface area (Å²) < 4.78 is 7.87. The van der Waals surface area contributed by atoms with Gasteiger partial charge in [0.25, 0.3) is 0 Å². The molecule has 4 rings (SSSR count). The van der Waals surface area contributed by atoms with Gasteiger partial charge in [-0.3, -0.25) is 14.9 Å². The van der Waals surface area contributed by atoms with E-state index < -0.39 is 0 Å². The maximum atomic E-state index is 5.72. The molecule has 8 heteroatoms. The second-order valence-corrected chi connectivity index (χ2v) is 6.38. The number of aromatic nitrogens is 6. The Kier molecular flexibility index (Phi) is 4.57. The Balaban J connectivity index is 1.46. The van der Waals surface area contributed by atoms with Gasteiger partial charge in [-0.05, 0) is 19.9 Å². The number of hydrogen-bond donors (Lipinski definition) is 0. The predicted molar refractivity (Wildman–Crippen MR) is 94.2 cm³/mol. The second-order valence-electron chi connectivity index (χ2n) is 6.38. The molecule has 0 aromatic carbocycles. The molecule has 0 saturated carbocycles. The van der Waals surface area contributed by atoms with Crippen molar-refractivity contribution in [2.45, 2.75) is 39.6 Å². The summed E-state index contributed by atoms with van der Waals surface area (Å²) in [4.78, 5) is 15.3. The van der Waals surface area contributed by atoms with E-state index in [0.717, 1.165) is 42.7 Å². The van der Waals surface area contributed by atoms with Crippen molar-refractivity contribution >= 4 is 0 Å². The third-order valence-electron chi connectivity index (χ3n) is 4.55. The molecule has 0 aliphatic carbocycles. The SMILES string of the molecule is Cc1cncc(CN2CCn3c(COc4ccccn4)nnc3[C@H]2C)n1. The molecular weight excluding hydrogens is 330 g/mol.